The second kappa shape index (κ2) is 3.84. The summed E-state index contributed by atoms with van der Waals surface area (Å²) in [5.74, 6) is 0.275. The minimum Gasteiger partial charge on any atom is -0.372 e. The van der Waals surface area contributed by atoms with E-state index in [2.05, 4.69) is 0 Å². The van der Waals surface area contributed by atoms with Crippen LogP contribution < -0.4 is 4.90 Å². The molecule has 1 aliphatic rings. The summed E-state index contributed by atoms with van der Waals surface area (Å²) in [6.45, 7) is 0. The second-order valence-corrected chi connectivity index (χ2v) is 4.56. The van der Waals surface area contributed by atoms with E-state index < -0.39 is 6.23 Å². The number of thiocarbonyl (C=S) groups is 1. The van der Waals surface area contributed by atoms with Gasteiger partial charge in [-0.2, -0.15) is 0 Å². The standard InChI is InChI=1S/C9H8FNOS2/c10-6-1-3-7(4-2-6)11-8(12)5-14-9(11)13/h1-4,8,12H,5H2/t8-/m1/s1. The number of nitrogens with zero attached hydrogens (tertiary/aromatic N) is 1. The zero-order valence-corrected chi connectivity index (χ0v) is 8.82. The SMILES string of the molecule is O[C@@H]1CSC(=S)N1c1ccc(F)cc1. The first-order chi connectivity index (χ1) is 6.68. The van der Waals surface area contributed by atoms with Gasteiger partial charge in [0, 0.05) is 11.4 Å². The zero-order valence-electron chi connectivity index (χ0n) is 7.18. The molecule has 1 atom stereocenters. The third-order valence-electron chi connectivity index (χ3n) is 1.96. The van der Waals surface area contributed by atoms with Gasteiger partial charge in [-0.3, -0.25) is 0 Å². The summed E-state index contributed by atoms with van der Waals surface area (Å²) in [6, 6.07) is 5.93. The molecule has 1 heterocycles. The van der Waals surface area contributed by atoms with E-state index in [4.69, 9.17) is 12.2 Å². The van der Waals surface area contributed by atoms with Gasteiger partial charge in [0.2, 0.25) is 0 Å². The highest BCUT2D eigenvalue weighted by Gasteiger charge is 2.28. The molecule has 74 valence electrons. The molecule has 1 aromatic carbocycles. The Kier molecular flexibility index (Phi) is 2.71. The molecule has 0 saturated carbocycles. The van der Waals surface area contributed by atoms with Crippen LogP contribution >= 0.6 is 24.0 Å². The lowest BCUT2D eigenvalue weighted by Crippen LogP contribution is -2.32. The summed E-state index contributed by atoms with van der Waals surface area (Å²) < 4.78 is 13.3. The Balaban J connectivity index is 2.30. The fourth-order valence-corrected chi connectivity index (χ4v) is 2.53. The minimum absolute atomic E-state index is 0.291. The van der Waals surface area contributed by atoms with Gasteiger partial charge in [-0.1, -0.05) is 24.0 Å². The van der Waals surface area contributed by atoms with Crippen molar-refractivity contribution in [2.45, 2.75) is 6.23 Å². The molecule has 14 heavy (non-hydrogen) atoms. The van der Waals surface area contributed by atoms with Gasteiger partial charge in [0.05, 0.1) is 0 Å². The molecular formula is C9H8FNOS2. The molecule has 0 aliphatic carbocycles. The van der Waals surface area contributed by atoms with Crippen LogP contribution in [0.4, 0.5) is 10.1 Å². The number of rotatable bonds is 1. The number of aliphatic hydroxyl groups excluding tert-OH is 1. The molecular weight excluding hydrogens is 221 g/mol. The number of hydrogen-bond acceptors (Lipinski definition) is 3. The van der Waals surface area contributed by atoms with Gasteiger partial charge in [0.25, 0.3) is 0 Å². The average molecular weight is 229 g/mol. The Hall–Kier alpha value is -0.650. The van der Waals surface area contributed by atoms with Crippen molar-refractivity contribution in [1.29, 1.82) is 0 Å². The summed E-state index contributed by atoms with van der Waals surface area (Å²) >= 11 is 6.49. The fraction of sp³-hybridized carbons (Fsp3) is 0.222. The zero-order chi connectivity index (χ0) is 10.1. The Morgan fingerprint density at radius 2 is 2.07 bits per heavy atom. The molecule has 1 N–H and O–H groups in total. The summed E-state index contributed by atoms with van der Waals surface area (Å²) in [5.41, 5.74) is 0.730. The van der Waals surface area contributed by atoms with Gasteiger partial charge in [0.1, 0.15) is 16.4 Å². The van der Waals surface area contributed by atoms with Crippen LogP contribution in [0.3, 0.4) is 0 Å². The normalized spacial score (nSPS) is 21.7. The summed E-state index contributed by atoms with van der Waals surface area (Å²) in [7, 11) is 0. The van der Waals surface area contributed by atoms with Crippen LogP contribution in [0.25, 0.3) is 0 Å². The number of benzene rings is 1. The van der Waals surface area contributed by atoms with Crippen molar-refractivity contribution in [1.82, 2.24) is 0 Å². The lowest BCUT2D eigenvalue weighted by Gasteiger charge is -2.21. The number of thioether (sulfide) groups is 1. The molecule has 0 radical (unpaired) electrons. The van der Waals surface area contributed by atoms with Gasteiger partial charge in [-0.05, 0) is 24.3 Å². The Morgan fingerprint density at radius 1 is 1.43 bits per heavy atom. The summed E-state index contributed by atoms with van der Waals surface area (Å²) in [5, 5.41) is 9.61. The molecule has 1 saturated heterocycles. The molecule has 1 aliphatic heterocycles. The smallest absolute Gasteiger partial charge is 0.143 e. The van der Waals surface area contributed by atoms with Crippen molar-refractivity contribution in [3.8, 4) is 0 Å². The van der Waals surface area contributed by atoms with E-state index in [1.165, 1.54) is 23.9 Å². The van der Waals surface area contributed by atoms with Crippen LogP contribution in [0.2, 0.25) is 0 Å². The molecule has 2 rings (SSSR count). The first kappa shape index (κ1) is 9.89. The van der Waals surface area contributed by atoms with Crippen molar-refractivity contribution in [2.75, 3.05) is 10.7 Å². The minimum atomic E-state index is -0.599. The van der Waals surface area contributed by atoms with Gasteiger partial charge in [-0.25, -0.2) is 4.39 Å². The molecule has 1 fully saturated rings. The van der Waals surface area contributed by atoms with Crippen LogP contribution in [0.5, 0.6) is 0 Å². The highest BCUT2D eigenvalue weighted by molar-refractivity contribution is 8.23. The third-order valence-corrected chi connectivity index (χ3v) is 3.41. The number of anilines is 1. The fourth-order valence-electron chi connectivity index (χ4n) is 1.29. The van der Waals surface area contributed by atoms with E-state index in [-0.39, 0.29) is 5.82 Å². The van der Waals surface area contributed by atoms with Crippen LogP contribution in [0.15, 0.2) is 24.3 Å². The van der Waals surface area contributed by atoms with Crippen LogP contribution in [-0.4, -0.2) is 21.4 Å². The largest absolute Gasteiger partial charge is 0.372 e. The van der Waals surface area contributed by atoms with E-state index in [1.54, 1.807) is 17.0 Å². The number of aliphatic hydroxyl groups is 1. The van der Waals surface area contributed by atoms with E-state index in [9.17, 15) is 9.50 Å². The molecule has 5 heteroatoms. The predicted molar refractivity (Wildman–Crippen MR) is 59.9 cm³/mol. The predicted octanol–water partition coefficient (Wildman–Crippen LogP) is 1.98. The number of hydrogen-bond donors (Lipinski definition) is 1. The van der Waals surface area contributed by atoms with Crippen LogP contribution in [0, 0.1) is 5.82 Å². The van der Waals surface area contributed by atoms with Crippen LogP contribution in [-0.2, 0) is 0 Å². The molecule has 0 spiro atoms. The first-order valence-corrected chi connectivity index (χ1v) is 5.47. The highest BCUT2D eigenvalue weighted by atomic mass is 32.2. The lowest BCUT2D eigenvalue weighted by atomic mass is 10.3. The van der Waals surface area contributed by atoms with E-state index in [0.717, 1.165) is 5.69 Å². The monoisotopic (exact) mass is 229 g/mol. The third kappa shape index (κ3) is 1.75. The Morgan fingerprint density at radius 3 is 2.57 bits per heavy atom. The topological polar surface area (TPSA) is 23.5 Å². The number of halogens is 1. The van der Waals surface area contributed by atoms with Gasteiger partial charge < -0.3 is 10.0 Å². The van der Waals surface area contributed by atoms with Crippen molar-refractivity contribution in [3.05, 3.63) is 30.1 Å². The Labute approximate surface area is 90.7 Å². The van der Waals surface area contributed by atoms with E-state index >= 15 is 0 Å². The van der Waals surface area contributed by atoms with Crippen molar-refractivity contribution in [3.63, 3.8) is 0 Å². The molecule has 0 aromatic heterocycles. The Bertz CT molecular complexity index is 354. The lowest BCUT2D eigenvalue weighted by molar-refractivity contribution is 0.213. The van der Waals surface area contributed by atoms with Crippen molar-refractivity contribution >= 4 is 34.0 Å². The van der Waals surface area contributed by atoms with Gasteiger partial charge >= 0.3 is 0 Å². The van der Waals surface area contributed by atoms with Crippen LogP contribution in [0.1, 0.15) is 0 Å². The maximum Gasteiger partial charge on any atom is 0.143 e. The average Bonchev–Trinajstić information content (AvgIpc) is 2.49. The highest BCUT2D eigenvalue weighted by Crippen LogP contribution is 2.29. The second-order valence-electron chi connectivity index (χ2n) is 2.90. The summed E-state index contributed by atoms with van der Waals surface area (Å²) in [6.07, 6.45) is -0.599. The molecule has 2 nitrogen and oxygen atoms in total. The van der Waals surface area contributed by atoms with Gasteiger partial charge in [-0.15, -0.1) is 0 Å². The van der Waals surface area contributed by atoms with Crippen molar-refractivity contribution < 1.29 is 9.50 Å². The van der Waals surface area contributed by atoms with E-state index in [0.29, 0.717) is 10.1 Å². The first-order valence-electron chi connectivity index (χ1n) is 4.08. The molecule has 0 bridgehead atoms. The maximum atomic E-state index is 12.6. The molecule has 0 unspecified atom stereocenters. The van der Waals surface area contributed by atoms with Crippen molar-refractivity contribution in [2.24, 2.45) is 0 Å². The quantitative estimate of drug-likeness (QED) is 0.744. The summed E-state index contributed by atoms with van der Waals surface area (Å²) in [4.78, 5) is 1.62. The molecule has 1 aromatic rings. The van der Waals surface area contributed by atoms with E-state index in [1.807, 2.05) is 0 Å². The maximum absolute atomic E-state index is 12.6. The molecule has 0 amide bonds. The van der Waals surface area contributed by atoms with Gasteiger partial charge in [0.15, 0.2) is 0 Å².